The summed E-state index contributed by atoms with van der Waals surface area (Å²) < 4.78 is 5.14. The minimum Gasteiger partial charge on any atom is -0.496 e. The van der Waals surface area contributed by atoms with E-state index in [0.717, 1.165) is 28.7 Å². The number of aldehydes is 1. The Morgan fingerprint density at radius 2 is 2.16 bits per heavy atom. The van der Waals surface area contributed by atoms with E-state index in [2.05, 4.69) is 14.6 Å². The van der Waals surface area contributed by atoms with Crippen LogP contribution in [0.3, 0.4) is 0 Å². The number of ether oxygens (including phenoxy) is 1. The number of benzene rings is 1. The summed E-state index contributed by atoms with van der Waals surface area (Å²) in [4.78, 5) is 23.6. The number of carbonyl (C=O) groups is 2. The van der Waals surface area contributed by atoms with E-state index in [9.17, 15) is 9.59 Å². The van der Waals surface area contributed by atoms with Crippen LogP contribution in [0.2, 0.25) is 0 Å². The van der Waals surface area contributed by atoms with Gasteiger partial charge in [-0.05, 0) is 30.3 Å². The maximum Gasteiger partial charge on any atom is 0.265 e. The van der Waals surface area contributed by atoms with Crippen molar-refractivity contribution in [2.24, 2.45) is 0 Å². The summed E-state index contributed by atoms with van der Waals surface area (Å²) in [6.45, 7) is 0. The van der Waals surface area contributed by atoms with Gasteiger partial charge in [0.25, 0.3) is 5.91 Å². The largest absolute Gasteiger partial charge is 0.496 e. The molecule has 1 aromatic heterocycles. The fourth-order valence-corrected chi connectivity index (χ4v) is 2.65. The summed E-state index contributed by atoms with van der Waals surface area (Å²) in [6, 6.07) is 8.61. The number of rotatable bonds is 4. The third-order valence-corrected chi connectivity index (χ3v) is 3.91. The lowest BCUT2D eigenvalue weighted by Gasteiger charge is -2.08. The summed E-state index contributed by atoms with van der Waals surface area (Å²) in [6.07, 6.45) is 0.732. The molecule has 0 bridgehead atoms. The van der Waals surface area contributed by atoms with Gasteiger partial charge in [-0.1, -0.05) is 0 Å². The standard InChI is InChI=1S/C13H12NO3PS/c1-17-10-4-2-8(6-11(10)18)14-13(16)12-5-3-9(7-15)19-12/h2-7H,18H2,1H3,(H,14,16). The minimum atomic E-state index is -0.229. The molecule has 1 unspecified atom stereocenters. The van der Waals surface area contributed by atoms with E-state index in [-0.39, 0.29) is 5.91 Å². The topological polar surface area (TPSA) is 55.4 Å². The van der Waals surface area contributed by atoms with Gasteiger partial charge in [0, 0.05) is 11.0 Å². The van der Waals surface area contributed by atoms with Crippen LogP contribution < -0.4 is 15.4 Å². The molecule has 0 aliphatic carbocycles. The average molecular weight is 293 g/mol. The van der Waals surface area contributed by atoms with Gasteiger partial charge in [0.05, 0.1) is 16.9 Å². The van der Waals surface area contributed by atoms with E-state index < -0.39 is 0 Å². The van der Waals surface area contributed by atoms with Gasteiger partial charge in [-0.3, -0.25) is 9.59 Å². The quantitative estimate of drug-likeness (QED) is 0.695. The number of amides is 1. The smallest absolute Gasteiger partial charge is 0.265 e. The molecule has 4 nitrogen and oxygen atoms in total. The van der Waals surface area contributed by atoms with Crippen molar-refractivity contribution in [1.29, 1.82) is 0 Å². The van der Waals surface area contributed by atoms with Gasteiger partial charge in [-0.15, -0.1) is 20.6 Å². The molecule has 1 atom stereocenters. The molecule has 2 aromatic rings. The number of hydrogen-bond acceptors (Lipinski definition) is 4. The van der Waals surface area contributed by atoms with Crippen molar-refractivity contribution in [3.8, 4) is 5.75 Å². The molecule has 1 aromatic carbocycles. The maximum absolute atomic E-state index is 12.0. The highest BCUT2D eigenvalue weighted by atomic mass is 32.1. The molecule has 1 N–H and O–H groups in total. The van der Waals surface area contributed by atoms with E-state index >= 15 is 0 Å². The Hall–Kier alpha value is -1.71. The third-order valence-electron chi connectivity index (χ3n) is 2.45. The van der Waals surface area contributed by atoms with Crippen molar-refractivity contribution in [3.05, 3.63) is 40.1 Å². The second kappa shape index (κ2) is 5.95. The molecule has 1 amide bonds. The summed E-state index contributed by atoms with van der Waals surface area (Å²) in [7, 11) is 4.14. The molecule has 0 aliphatic heterocycles. The highest BCUT2D eigenvalue weighted by molar-refractivity contribution is 7.27. The predicted molar refractivity (Wildman–Crippen MR) is 80.0 cm³/mol. The Morgan fingerprint density at radius 1 is 1.37 bits per heavy atom. The lowest BCUT2D eigenvalue weighted by Crippen LogP contribution is -2.11. The van der Waals surface area contributed by atoms with E-state index in [1.165, 1.54) is 0 Å². The first kappa shape index (κ1) is 13.7. The highest BCUT2D eigenvalue weighted by Gasteiger charge is 2.10. The molecule has 1 heterocycles. The molecule has 0 saturated heterocycles. The first-order chi connectivity index (χ1) is 9.13. The van der Waals surface area contributed by atoms with E-state index in [4.69, 9.17) is 4.74 Å². The normalized spacial score (nSPS) is 10.0. The van der Waals surface area contributed by atoms with Crippen LogP contribution in [-0.2, 0) is 0 Å². The molecule has 0 fully saturated rings. The molecule has 0 spiro atoms. The monoisotopic (exact) mass is 293 g/mol. The molecule has 2 rings (SSSR count). The maximum atomic E-state index is 12.0. The zero-order chi connectivity index (χ0) is 13.8. The molecule has 0 saturated carbocycles. The summed E-state index contributed by atoms with van der Waals surface area (Å²) in [5.74, 6) is 0.509. The van der Waals surface area contributed by atoms with Crippen LogP contribution in [0.4, 0.5) is 5.69 Å². The molecule has 98 valence electrons. The summed E-state index contributed by atoms with van der Waals surface area (Å²) >= 11 is 1.16. The van der Waals surface area contributed by atoms with Crippen LogP contribution in [0, 0.1) is 0 Å². The Labute approximate surface area is 117 Å². The fraction of sp³-hybridized carbons (Fsp3) is 0.0769. The Bertz CT molecular complexity index is 624. The number of anilines is 1. The minimum absolute atomic E-state index is 0.229. The van der Waals surface area contributed by atoms with Gasteiger partial charge in [-0.25, -0.2) is 0 Å². The summed E-state index contributed by atoms with van der Waals surface area (Å²) in [5, 5.41) is 3.64. The number of methoxy groups -OCH3 is 1. The van der Waals surface area contributed by atoms with E-state index in [1.54, 1.807) is 37.4 Å². The van der Waals surface area contributed by atoms with Gasteiger partial charge < -0.3 is 10.1 Å². The van der Waals surface area contributed by atoms with Crippen LogP contribution in [0.15, 0.2) is 30.3 Å². The van der Waals surface area contributed by atoms with Crippen LogP contribution >= 0.6 is 20.6 Å². The van der Waals surface area contributed by atoms with Gasteiger partial charge in [0.1, 0.15) is 5.75 Å². The van der Waals surface area contributed by atoms with E-state index in [0.29, 0.717) is 15.4 Å². The van der Waals surface area contributed by atoms with Gasteiger partial charge >= 0.3 is 0 Å². The molecule has 19 heavy (non-hydrogen) atoms. The van der Waals surface area contributed by atoms with Gasteiger partial charge in [0.2, 0.25) is 0 Å². The van der Waals surface area contributed by atoms with E-state index in [1.807, 2.05) is 0 Å². The molecular formula is C13H12NO3PS. The average Bonchev–Trinajstić information content (AvgIpc) is 2.88. The van der Waals surface area contributed by atoms with Crippen LogP contribution in [-0.4, -0.2) is 19.3 Å². The lowest BCUT2D eigenvalue weighted by molar-refractivity contribution is 0.103. The van der Waals surface area contributed by atoms with Crippen molar-refractivity contribution in [1.82, 2.24) is 0 Å². The van der Waals surface area contributed by atoms with Crippen molar-refractivity contribution in [2.45, 2.75) is 0 Å². The zero-order valence-corrected chi connectivity index (χ0v) is 12.1. The van der Waals surface area contributed by atoms with Crippen LogP contribution in [0.25, 0.3) is 0 Å². The van der Waals surface area contributed by atoms with Crippen molar-refractivity contribution in [3.63, 3.8) is 0 Å². The number of carbonyl (C=O) groups excluding carboxylic acids is 2. The van der Waals surface area contributed by atoms with Crippen molar-refractivity contribution >= 4 is 43.8 Å². The first-order valence-electron chi connectivity index (χ1n) is 5.44. The highest BCUT2D eigenvalue weighted by Crippen LogP contribution is 2.19. The number of hydrogen-bond donors (Lipinski definition) is 1. The Balaban J connectivity index is 2.14. The SMILES string of the molecule is COc1ccc(NC(=O)c2ccc(C=O)s2)cc1P. The van der Waals surface area contributed by atoms with Crippen LogP contribution in [0.5, 0.6) is 5.75 Å². The molecular weight excluding hydrogens is 281 g/mol. The Kier molecular flexibility index (Phi) is 4.30. The zero-order valence-electron chi connectivity index (χ0n) is 10.2. The van der Waals surface area contributed by atoms with Gasteiger partial charge in [0.15, 0.2) is 6.29 Å². The number of nitrogens with one attached hydrogen (secondary N) is 1. The molecule has 0 aliphatic rings. The van der Waals surface area contributed by atoms with Crippen molar-refractivity contribution < 1.29 is 14.3 Å². The van der Waals surface area contributed by atoms with Crippen LogP contribution in [0.1, 0.15) is 19.3 Å². The first-order valence-corrected chi connectivity index (χ1v) is 6.83. The van der Waals surface area contributed by atoms with Gasteiger partial charge in [-0.2, -0.15) is 0 Å². The summed E-state index contributed by atoms with van der Waals surface area (Å²) in [5.41, 5.74) is 0.678. The predicted octanol–water partition coefficient (Wildman–Crippen LogP) is 2.32. The number of thiophene rings is 1. The molecule has 6 heteroatoms. The fourth-order valence-electron chi connectivity index (χ4n) is 1.54. The Morgan fingerprint density at radius 3 is 2.74 bits per heavy atom. The van der Waals surface area contributed by atoms with Crippen molar-refractivity contribution in [2.75, 3.05) is 12.4 Å². The lowest BCUT2D eigenvalue weighted by atomic mass is 10.3. The second-order valence-corrected chi connectivity index (χ2v) is 5.47. The molecule has 0 radical (unpaired) electrons. The third kappa shape index (κ3) is 3.19. The second-order valence-electron chi connectivity index (χ2n) is 3.73.